The lowest BCUT2D eigenvalue weighted by Gasteiger charge is -2.03. The molecule has 0 amide bonds. The number of ketones is 1. The minimum atomic E-state index is 0.268. The number of aromatic nitrogens is 2. The van der Waals surface area contributed by atoms with E-state index >= 15 is 0 Å². The number of carbonyl (C=O) groups excluding carboxylic acids is 1. The highest BCUT2D eigenvalue weighted by Gasteiger charge is 2.15. The summed E-state index contributed by atoms with van der Waals surface area (Å²) in [7, 11) is 1.86. The lowest BCUT2D eigenvalue weighted by Crippen LogP contribution is -2.07. The van der Waals surface area contributed by atoms with Crippen LogP contribution in [0.1, 0.15) is 63.8 Å². The van der Waals surface area contributed by atoms with Gasteiger partial charge < -0.3 is 0 Å². The molecule has 0 fully saturated rings. The highest BCUT2D eigenvalue weighted by molar-refractivity contribution is 6.32. The number of halogens is 1. The SMILES string of the molecule is CCCCCCCC(=O)Cc1c(Cl)c(CC)nn1C. The zero-order chi connectivity index (χ0) is 14.3. The van der Waals surface area contributed by atoms with Crippen LogP contribution in [0.5, 0.6) is 0 Å². The summed E-state index contributed by atoms with van der Waals surface area (Å²) in [6.07, 6.45) is 7.75. The van der Waals surface area contributed by atoms with Gasteiger partial charge in [-0.25, -0.2) is 0 Å². The molecule has 0 N–H and O–H groups in total. The van der Waals surface area contributed by atoms with Crippen LogP contribution in [0.4, 0.5) is 0 Å². The number of carbonyl (C=O) groups is 1. The predicted octanol–water partition coefficient (Wildman–Crippen LogP) is 4.11. The van der Waals surface area contributed by atoms with Crippen molar-refractivity contribution in [3.05, 3.63) is 16.4 Å². The summed E-state index contributed by atoms with van der Waals surface area (Å²) < 4.78 is 1.75. The molecule has 0 saturated heterocycles. The fourth-order valence-electron chi connectivity index (χ4n) is 2.21. The Bertz CT molecular complexity index is 413. The number of rotatable bonds is 9. The van der Waals surface area contributed by atoms with Gasteiger partial charge in [0.1, 0.15) is 5.78 Å². The second-order valence-electron chi connectivity index (χ2n) is 5.06. The summed E-state index contributed by atoms with van der Waals surface area (Å²) >= 11 is 6.24. The smallest absolute Gasteiger partial charge is 0.138 e. The molecule has 19 heavy (non-hydrogen) atoms. The van der Waals surface area contributed by atoms with Crippen molar-refractivity contribution in [3.63, 3.8) is 0 Å². The Morgan fingerprint density at radius 2 is 1.89 bits per heavy atom. The highest BCUT2D eigenvalue weighted by Crippen LogP contribution is 2.22. The summed E-state index contributed by atoms with van der Waals surface area (Å²) in [6.45, 7) is 4.22. The van der Waals surface area contributed by atoms with E-state index in [2.05, 4.69) is 12.0 Å². The lowest BCUT2D eigenvalue weighted by molar-refractivity contribution is -0.118. The zero-order valence-corrected chi connectivity index (χ0v) is 13.1. The van der Waals surface area contributed by atoms with E-state index in [0.29, 0.717) is 17.9 Å². The Labute approximate surface area is 121 Å². The molecule has 1 aromatic heterocycles. The summed E-state index contributed by atoms with van der Waals surface area (Å²) in [6, 6.07) is 0. The molecule has 0 aliphatic rings. The topological polar surface area (TPSA) is 34.9 Å². The number of unbranched alkanes of at least 4 members (excludes halogenated alkanes) is 4. The van der Waals surface area contributed by atoms with Gasteiger partial charge in [0.15, 0.2) is 0 Å². The first-order valence-electron chi connectivity index (χ1n) is 7.32. The average molecular weight is 285 g/mol. The van der Waals surface area contributed by atoms with Crippen LogP contribution in [0.25, 0.3) is 0 Å². The summed E-state index contributed by atoms with van der Waals surface area (Å²) in [4.78, 5) is 11.9. The van der Waals surface area contributed by atoms with Crippen LogP contribution < -0.4 is 0 Å². The van der Waals surface area contributed by atoms with E-state index in [9.17, 15) is 4.79 Å². The molecule has 0 aromatic carbocycles. The molecule has 0 saturated carbocycles. The lowest BCUT2D eigenvalue weighted by atomic mass is 10.1. The normalized spacial score (nSPS) is 10.9. The highest BCUT2D eigenvalue weighted by atomic mass is 35.5. The molecule has 3 nitrogen and oxygen atoms in total. The van der Waals surface area contributed by atoms with E-state index in [1.807, 2.05) is 14.0 Å². The number of Topliss-reactive ketones (excluding diaryl/α,β-unsaturated/α-hetero) is 1. The van der Waals surface area contributed by atoms with Gasteiger partial charge in [0.05, 0.1) is 16.4 Å². The van der Waals surface area contributed by atoms with Crippen LogP contribution in [-0.2, 0) is 24.7 Å². The Hall–Kier alpha value is -0.830. The van der Waals surface area contributed by atoms with E-state index < -0.39 is 0 Å². The van der Waals surface area contributed by atoms with Gasteiger partial charge in [0.2, 0.25) is 0 Å². The van der Waals surface area contributed by atoms with Crippen molar-refractivity contribution >= 4 is 17.4 Å². The zero-order valence-electron chi connectivity index (χ0n) is 12.3. The molecule has 108 valence electrons. The molecule has 0 spiro atoms. The fourth-order valence-corrected chi connectivity index (χ4v) is 2.57. The Morgan fingerprint density at radius 3 is 2.47 bits per heavy atom. The summed E-state index contributed by atoms with van der Waals surface area (Å²) in [5.74, 6) is 0.268. The molecule has 0 unspecified atom stereocenters. The third kappa shape index (κ3) is 4.98. The second kappa shape index (κ2) is 8.36. The molecule has 0 aliphatic carbocycles. The number of nitrogens with zero attached hydrogens (tertiary/aromatic N) is 2. The van der Waals surface area contributed by atoms with Gasteiger partial charge in [-0.1, -0.05) is 51.1 Å². The van der Waals surface area contributed by atoms with Crippen LogP contribution >= 0.6 is 11.6 Å². The standard InChI is InChI=1S/C15H25ClN2O/c1-4-6-7-8-9-10-12(19)11-14-15(16)13(5-2)17-18(14)3/h4-11H2,1-3H3. The molecule has 0 aliphatic heterocycles. The van der Waals surface area contributed by atoms with Gasteiger partial charge in [0.25, 0.3) is 0 Å². The maximum atomic E-state index is 11.9. The largest absolute Gasteiger partial charge is 0.299 e. The quantitative estimate of drug-likeness (QED) is 0.640. The van der Waals surface area contributed by atoms with Crippen LogP contribution in [0.3, 0.4) is 0 Å². The molecule has 1 heterocycles. The fraction of sp³-hybridized carbons (Fsp3) is 0.733. The average Bonchev–Trinajstić information content (AvgIpc) is 2.66. The summed E-state index contributed by atoms with van der Waals surface area (Å²) in [5.41, 5.74) is 1.74. The second-order valence-corrected chi connectivity index (χ2v) is 5.44. The van der Waals surface area contributed by atoms with Gasteiger partial charge in [0, 0.05) is 19.9 Å². The number of hydrogen-bond acceptors (Lipinski definition) is 2. The van der Waals surface area contributed by atoms with Gasteiger partial charge >= 0.3 is 0 Å². The molecule has 0 atom stereocenters. The Morgan fingerprint density at radius 1 is 1.21 bits per heavy atom. The molecular formula is C15H25ClN2O. The minimum Gasteiger partial charge on any atom is -0.299 e. The molecule has 1 aromatic rings. The molecule has 0 radical (unpaired) electrons. The minimum absolute atomic E-state index is 0.268. The monoisotopic (exact) mass is 284 g/mol. The van der Waals surface area contributed by atoms with E-state index in [1.54, 1.807) is 4.68 Å². The van der Waals surface area contributed by atoms with Crippen LogP contribution in [0.15, 0.2) is 0 Å². The molecular weight excluding hydrogens is 260 g/mol. The van der Waals surface area contributed by atoms with Crippen molar-refractivity contribution in [2.75, 3.05) is 0 Å². The number of hydrogen-bond donors (Lipinski definition) is 0. The van der Waals surface area contributed by atoms with E-state index in [4.69, 9.17) is 11.6 Å². The van der Waals surface area contributed by atoms with Gasteiger partial charge in [-0.3, -0.25) is 9.48 Å². The van der Waals surface area contributed by atoms with Crippen molar-refractivity contribution in [1.82, 2.24) is 9.78 Å². The third-order valence-electron chi connectivity index (χ3n) is 3.43. The van der Waals surface area contributed by atoms with Crippen molar-refractivity contribution in [1.29, 1.82) is 0 Å². The van der Waals surface area contributed by atoms with Gasteiger partial charge in [-0.05, 0) is 12.8 Å². The molecule has 4 heteroatoms. The van der Waals surface area contributed by atoms with Crippen molar-refractivity contribution in [3.8, 4) is 0 Å². The third-order valence-corrected chi connectivity index (χ3v) is 3.86. The van der Waals surface area contributed by atoms with Crippen molar-refractivity contribution in [2.24, 2.45) is 7.05 Å². The van der Waals surface area contributed by atoms with Gasteiger partial charge in [-0.15, -0.1) is 0 Å². The van der Waals surface area contributed by atoms with E-state index in [-0.39, 0.29) is 5.78 Å². The van der Waals surface area contributed by atoms with E-state index in [1.165, 1.54) is 19.3 Å². The Balaban J connectivity index is 2.42. The van der Waals surface area contributed by atoms with Crippen LogP contribution in [-0.4, -0.2) is 15.6 Å². The molecule has 1 rings (SSSR count). The Kier molecular flexibility index (Phi) is 7.14. The predicted molar refractivity (Wildman–Crippen MR) is 79.7 cm³/mol. The maximum absolute atomic E-state index is 11.9. The summed E-state index contributed by atoms with van der Waals surface area (Å²) in [5, 5.41) is 5.01. The van der Waals surface area contributed by atoms with Crippen LogP contribution in [0, 0.1) is 0 Å². The first kappa shape index (κ1) is 16.2. The maximum Gasteiger partial charge on any atom is 0.138 e. The first-order chi connectivity index (χ1) is 9.10. The molecule has 0 bridgehead atoms. The first-order valence-corrected chi connectivity index (χ1v) is 7.69. The number of aryl methyl sites for hydroxylation is 2. The van der Waals surface area contributed by atoms with Crippen LogP contribution in [0.2, 0.25) is 5.02 Å². The van der Waals surface area contributed by atoms with Crippen molar-refractivity contribution < 1.29 is 4.79 Å². The van der Waals surface area contributed by atoms with E-state index in [0.717, 1.165) is 30.7 Å². The van der Waals surface area contributed by atoms with Gasteiger partial charge in [-0.2, -0.15) is 5.10 Å². The van der Waals surface area contributed by atoms with Crippen molar-refractivity contribution in [2.45, 2.75) is 65.2 Å².